The first-order valence-corrected chi connectivity index (χ1v) is 7.92. The molecule has 0 aliphatic rings. The van der Waals surface area contributed by atoms with Gasteiger partial charge in [0.1, 0.15) is 4.90 Å². The lowest BCUT2D eigenvalue weighted by Crippen LogP contribution is -2.42. The lowest BCUT2D eigenvalue weighted by atomic mass is 10.2. The average molecular weight is 350 g/mol. The second-order valence-electron chi connectivity index (χ2n) is 4.02. The van der Waals surface area contributed by atoms with Gasteiger partial charge < -0.3 is 11.5 Å². The number of halogens is 2. The first kappa shape index (κ1) is 17.8. The molecule has 0 bridgehead atoms. The first-order valence-electron chi connectivity index (χ1n) is 5.68. The molecule has 1 rings (SSSR count). The summed E-state index contributed by atoms with van der Waals surface area (Å²) in [7, 11) is -4.09. The molecule has 9 heteroatoms. The van der Waals surface area contributed by atoms with Crippen molar-refractivity contribution in [1.82, 2.24) is 4.72 Å². The van der Waals surface area contributed by atoms with Gasteiger partial charge >= 0.3 is 0 Å². The van der Waals surface area contributed by atoms with Gasteiger partial charge in [-0.1, -0.05) is 35.0 Å². The summed E-state index contributed by atoms with van der Waals surface area (Å²) >= 11 is 11.9. The van der Waals surface area contributed by atoms with Crippen LogP contribution < -0.4 is 16.2 Å². The Kier molecular flexibility index (Phi) is 6.01. The highest BCUT2D eigenvalue weighted by atomic mass is 35.5. The van der Waals surface area contributed by atoms with E-state index in [1.165, 1.54) is 19.1 Å². The van der Waals surface area contributed by atoms with E-state index in [0.29, 0.717) is 5.56 Å². The largest absolute Gasteiger partial charge is 0.368 e. The molecule has 114 valence electrons. The van der Waals surface area contributed by atoms with Gasteiger partial charge in [-0.3, -0.25) is 4.79 Å². The lowest BCUT2D eigenvalue weighted by molar-refractivity contribution is -0.119. The first-order chi connectivity index (χ1) is 9.69. The number of nitrogens with one attached hydrogen (secondary N) is 1. The van der Waals surface area contributed by atoms with Crippen LogP contribution in [-0.2, 0) is 14.8 Å². The number of hydrogen-bond donors (Lipinski definition) is 3. The van der Waals surface area contributed by atoms with Crippen molar-refractivity contribution in [2.24, 2.45) is 11.5 Å². The van der Waals surface area contributed by atoms with Gasteiger partial charge in [-0.15, -0.1) is 0 Å². The molecular formula is C12H13Cl2N3O3S. The summed E-state index contributed by atoms with van der Waals surface area (Å²) in [5, 5.41) is -0.235. The van der Waals surface area contributed by atoms with Crippen molar-refractivity contribution in [3.05, 3.63) is 27.7 Å². The van der Waals surface area contributed by atoms with E-state index in [4.69, 9.17) is 34.7 Å². The minimum atomic E-state index is -4.09. The summed E-state index contributed by atoms with van der Waals surface area (Å²) in [5.74, 6) is 4.47. The summed E-state index contributed by atoms with van der Waals surface area (Å²) in [4.78, 5) is 10.6. The van der Waals surface area contributed by atoms with Crippen LogP contribution in [0.1, 0.15) is 12.5 Å². The molecule has 21 heavy (non-hydrogen) atoms. The van der Waals surface area contributed by atoms with Crippen LogP contribution >= 0.6 is 23.2 Å². The zero-order valence-electron chi connectivity index (χ0n) is 11.0. The highest BCUT2D eigenvalue weighted by Crippen LogP contribution is 2.30. The second kappa shape index (κ2) is 7.11. The minimum absolute atomic E-state index is 0.118. The Morgan fingerprint density at radius 3 is 2.33 bits per heavy atom. The number of hydrogen-bond acceptors (Lipinski definition) is 4. The zero-order valence-corrected chi connectivity index (χ0v) is 13.3. The van der Waals surface area contributed by atoms with E-state index in [9.17, 15) is 13.2 Å². The molecule has 1 aromatic rings. The maximum atomic E-state index is 12.2. The molecule has 0 aliphatic heterocycles. The molecule has 0 aromatic heterocycles. The fourth-order valence-electron chi connectivity index (χ4n) is 1.39. The van der Waals surface area contributed by atoms with Gasteiger partial charge in [-0.2, -0.15) is 4.72 Å². The maximum Gasteiger partial charge on any atom is 0.244 e. The van der Waals surface area contributed by atoms with Crippen molar-refractivity contribution in [1.29, 1.82) is 0 Å². The molecule has 1 amide bonds. The quantitative estimate of drug-likeness (QED) is 0.684. The van der Waals surface area contributed by atoms with E-state index in [1.54, 1.807) is 0 Å². The predicted molar refractivity (Wildman–Crippen MR) is 81.4 cm³/mol. The van der Waals surface area contributed by atoms with E-state index >= 15 is 0 Å². The monoisotopic (exact) mass is 349 g/mol. The van der Waals surface area contributed by atoms with Gasteiger partial charge in [0, 0.05) is 5.56 Å². The van der Waals surface area contributed by atoms with Crippen LogP contribution in [0, 0.1) is 11.8 Å². The molecule has 0 heterocycles. The summed E-state index contributed by atoms with van der Waals surface area (Å²) in [6.45, 7) is 1.45. The topological polar surface area (TPSA) is 115 Å². The predicted octanol–water partition coefficient (Wildman–Crippen LogP) is 0.456. The summed E-state index contributed by atoms with van der Waals surface area (Å²) < 4.78 is 26.4. The van der Waals surface area contributed by atoms with Gasteiger partial charge in [0.05, 0.1) is 22.6 Å². The fraction of sp³-hybridized carbons (Fsp3) is 0.250. The Balaban J connectivity index is 3.28. The summed E-state index contributed by atoms with van der Waals surface area (Å²) in [5.41, 5.74) is 10.7. The number of rotatable bonds is 4. The standard InChI is InChI=1S/C12H13Cl2N3O3S/c1-7(12(16)18)17-21(19,20)11-9(13)5-8(3-2-4-15)6-10(11)14/h5-7,17H,4,15H2,1H3,(H2,16,18). The molecule has 0 fully saturated rings. The van der Waals surface area contributed by atoms with Crippen LogP contribution in [0.2, 0.25) is 10.0 Å². The molecule has 0 saturated carbocycles. The third-order valence-electron chi connectivity index (χ3n) is 2.36. The average Bonchev–Trinajstić information content (AvgIpc) is 2.34. The molecule has 1 atom stereocenters. The molecule has 0 radical (unpaired) electrons. The number of carbonyl (C=O) groups is 1. The molecule has 0 saturated heterocycles. The highest BCUT2D eigenvalue weighted by Gasteiger charge is 2.25. The molecule has 1 aromatic carbocycles. The maximum absolute atomic E-state index is 12.2. The summed E-state index contributed by atoms with van der Waals surface area (Å²) in [6.07, 6.45) is 0. The van der Waals surface area contributed by atoms with Crippen molar-refractivity contribution in [3.8, 4) is 11.8 Å². The minimum Gasteiger partial charge on any atom is -0.368 e. The number of carbonyl (C=O) groups excluding carboxylic acids is 1. The van der Waals surface area contributed by atoms with Gasteiger partial charge in [0.2, 0.25) is 15.9 Å². The number of sulfonamides is 1. The Hall–Kier alpha value is -1.30. The highest BCUT2D eigenvalue weighted by molar-refractivity contribution is 7.89. The number of nitrogens with two attached hydrogens (primary N) is 2. The van der Waals surface area contributed by atoms with Crippen molar-refractivity contribution in [2.45, 2.75) is 17.9 Å². The van der Waals surface area contributed by atoms with Crippen molar-refractivity contribution in [2.75, 3.05) is 6.54 Å². The van der Waals surface area contributed by atoms with E-state index in [-0.39, 0.29) is 21.5 Å². The smallest absolute Gasteiger partial charge is 0.244 e. The van der Waals surface area contributed by atoms with Crippen molar-refractivity contribution in [3.63, 3.8) is 0 Å². The second-order valence-corrected chi connectivity index (χ2v) is 6.49. The van der Waals surface area contributed by atoms with E-state index < -0.39 is 22.0 Å². The number of benzene rings is 1. The SMILES string of the molecule is CC(NS(=O)(=O)c1c(Cl)cc(C#CCN)cc1Cl)C(N)=O. The van der Waals surface area contributed by atoms with E-state index in [1.807, 2.05) is 0 Å². The fourth-order valence-corrected chi connectivity index (χ4v) is 3.82. The van der Waals surface area contributed by atoms with Gasteiger partial charge in [-0.05, 0) is 19.1 Å². The molecule has 6 nitrogen and oxygen atoms in total. The Morgan fingerprint density at radius 2 is 1.90 bits per heavy atom. The van der Waals surface area contributed by atoms with Crippen LogP contribution in [0.25, 0.3) is 0 Å². The van der Waals surface area contributed by atoms with E-state index in [0.717, 1.165) is 0 Å². The molecule has 5 N–H and O–H groups in total. The molecule has 0 spiro atoms. The third kappa shape index (κ3) is 4.59. The zero-order chi connectivity index (χ0) is 16.2. The van der Waals surface area contributed by atoms with Crippen LogP contribution in [0.15, 0.2) is 17.0 Å². The number of amides is 1. The normalized spacial score (nSPS) is 12.4. The van der Waals surface area contributed by atoms with Crippen molar-refractivity contribution >= 4 is 39.1 Å². The summed E-state index contributed by atoms with van der Waals surface area (Å²) in [6, 6.07) is 1.60. The van der Waals surface area contributed by atoms with Gasteiger partial charge in [0.15, 0.2) is 0 Å². The van der Waals surface area contributed by atoms with Crippen LogP contribution in [0.5, 0.6) is 0 Å². The Labute approximate surface area is 132 Å². The van der Waals surface area contributed by atoms with Gasteiger partial charge in [-0.25, -0.2) is 8.42 Å². The lowest BCUT2D eigenvalue weighted by Gasteiger charge is -2.13. The number of primary amides is 1. The van der Waals surface area contributed by atoms with Gasteiger partial charge in [0.25, 0.3) is 0 Å². The van der Waals surface area contributed by atoms with Crippen molar-refractivity contribution < 1.29 is 13.2 Å². The van der Waals surface area contributed by atoms with Crippen LogP contribution in [-0.4, -0.2) is 26.9 Å². The Morgan fingerprint density at radius 1 is 1.38 bits per heavy atom. The van der Waals surface area contributed by atoms with Crippen LogP contribution in [0.4, 0.5) is 0 Å². The van der Waals surface area contributed by atoms with Crippen LogP contribution in [0.3, 0.4) is 0 Å². The third-order valence-corrected chi connectivity index (χ3v) is 4.82. The molecule has 1 unspecified atom stereocenters. The molecule has 0 aliphatic carbocycles. The van der Waals surface area contributed by atoms with E-state index in [2.05, 4.69) is 16.6 Å². The molecular weight excluding hydrogens is 337 g/mol. The Bertz CT molecular complexity index is 700.